The average Bonchev–Trinajstić information content (AvgIpc) is 2.94. The minimum atomic E-state index is 0.0966. The van der Waals surface area contributed by atoms with E-state index in [4.69, 9.17) is 5.73 Å². The standard InChI is InChI=1S/C14H16N4O/c1-8(2)18-7-10-4-3-9(5-11(10)14(18)19)12-6-13(15)17-16-12/h3-6,8H,7H2,1-2H3,(H3,15,16,17). The number of aromatic nitrogens is 2. The number of carbonyl (C=O) groups is 1. The number of nitrogens with one attached hydrogen (secondary N) is 1. The number of anilines is 1. The van der Waals surface area contributed by atoms with E-state index in [-0.39, 0.29) is 11.9 Å². The Morgan fingerprint density at radius 2 is 2.16 bits per heavy atom. The van der Waals surface area contributed by atoms with Crippen LogP contribution in [0.1, 0.15) is 29.8 Å². The number of amides is 1. The summed E-state index contributed by atoms with van der Waals surface area (Å²) in [6, 6.07) is 7.88. The van der Waals surface area contributed by atoms with E-state index in [1.165, 1.54) is 0 Å². The number of fused-ring (bicyclic) bond motifs is 1. The molecule has 0 aliphatic carbocycles. The molecule has 5 nitrogen and oxygen atoms in total. The van der Waals surface area contributed by atoms with Gasteiger partial charge in [0.25, 0.3) is 5.91 Å². The molecule has 0 fully saturated rings. The highest BCUT2D eigenvalue weighted by atomic mass is 16.2. The van der Waals surface area contributed by atoms with Gasteiger partial charge >= 0.3 is 0 Å². The third kappa shape index (κ3) is 1.87. The molecule has 0 bridgehead atoms. The van der Waals surface area contributed by atoms with Crippen LogP contribution in [0.4, 0.5) is 5.82 Å². The normalized spacial score (nSPS) is 14.3. The first-order valence-electron chi connectivity index (χ1n) is 6.31. The summed E-state index contributed by atoms with van der Waals surface area (Å²) in [6.07, 6.45) is 0. The second-order valence-corrected chi connectivity index (χ2v) is 5.11. The lowest BCUT2D eigenvalue weighted by Gasteiger charge is -2.19. The zero-order chi connectivity index (χ0) is 13.6. The summed E-state index contributed by atoms with van der Waals surface area (Å²) in [5.74, 6) is 0.546. The van der Waals surface area contributed by atoms with Crippen LogP contribution in [0, 0.1) is 0 Å². The number of hydrogen-bond acceptors (Lipinski definition) is 3. The van der Waals surface area contributed by atoms with E-state index in [1.54, 1.807) is 6.07 Å². The fourth-order valence-electron chi connectivity index (χ4n) is 2.39. The Balaban J connectivity index is 2.01. The number of nitrogen functional groups attached to an aromatic ring is 1. The van der Waals surface area contributed by atoms with E-state index in [9.17, 15) is 4.79 Å². The molecule has 0 atom stereocenters. The van der Waals surface area contributed by atoms with Crippen molar-refractivity contribution in [3.8, 4) is 11.3 Å². The molecule has 0 saturated heterocycles. The maximum Gasteiger partial charge on any atom is 0.254 e. The van der Waals surface area contributed by atoms with Gasteiger partial charge in [-0.2, -0.15) is 5.10 Å². The summed E-state index contributed by atoms with van der Waals surface area (Å²) in [7, 11) is 0. The van der Waals surface area contributed by atoms with Gasteiger partial charge in [0.2, 0.25) is 0 Å². The average molecular weight is 256 g/mol. The second kappa shape index (κ2) is 4.12. The topological polar surface area (TPSA) is 75.0 Å². The first-order valence-corrected chi connectivity index (χ1v) is 6.31. The molecule has 1 amide bonds. The minimum Gasteiger partial charge on any atom is -0.382 e. The Bertz CT molecular complexity index is 645. The Morgan fingerprint density at radius 3 is 2.79 bits per heavy atom. The molecule has 3 N–H and O–H groups in total. The SMILES string of the molecule is CC(C)N1Cc2ccc(-c3cc(N)n[nH]3)cc2C1=O. The van der Waals surface area contributed by atoms with Gasteiger partial charge in [-0.3, -0.25) is 9.89 Å². The van der Waals surface area contributed by atoms with Gasteiger partial charge in [-0.05, 0) is 25.5 Å². The second-order valence-electron chi connectivity index (χ2n) is 5.11. The number of aromatic amines is 1. The number of H-pyrrole nitrogens is 1. The van der Waals surface area contributed by atoms with Gasteiger partial charge in [0.1, 0.15) is 5.82 Å². The van der Waals surface area contributed by atoms with Gasteiger partial charge in [-0.25, -0.2) is 0 Å². The van der Waals surface area contributed by atoms with Crippen LogP contribution in [-0.4, -0.2) is 27.0 Å². The molecule has 19 heavy (non-hydrogen) atoms. The molecule has 2 aromatic rings. The Labute approximate surface area is 111 Å². The molecular weight excluding hydrogens is 240 g/mol. The number of nitrogens with zero attached hydrogens (tertiary/aromatic N) is 2. The molecule has 0 radical (unpaired) electrons. The zero-order valence-corrected chi connectivity index (χ0v) is 11.0. The predicted molar refractivity (Wildman–Crippen MR) is 73.4 cm³/mol. The van der Waals surface area contributed by atoms with Crippen molar-refractivity contribution >= 4 is 11.7 Å². The van der Waals surface area contributed by atoms with Crippen LogP contribution in [0.15, 0.2) is 24.3 Å². The lowest BCUT2D eigenvalue weighted by atomic mass is 10.0. The molecule has 0 unspecified atom stereocenters. The third-order valence-electron chi connectivity index (χ3n) is 3.47. The Kier molecular flexibility index (Phi) is 2.55. The van der Waals surface area contributed by atoms with Crippen LogP contribution < -0.4 is 5.73 Å². The molecule has 1 aromatic carbocycles. The van der Waals surface area contributed by atoms with E-state index in [1.807, 2.05) is 36.9 Å². The van der Waals surface area contributed by atoms with Gasteiger partial charge < -0.3 is 10.6 Å². The van der Waals surface area contributed by atoms with Crippen LogP contribution in [0.5, 0.6) is 0 Å². The van der Waals surface area contributed by atoms with Gasteiger partial charge in [0, 0.05) is 29.8 Å². The minimum absolute atomic E-state index is 0.0966. The first kappa shape index (κ1) is 11.8. The highest BCUT2D eigenvalue weighted by molar-refractivity contribution is 5.99. The molecular formula is C14H16N4O. The van der Waals surface area contributed by atoms with Crippen LogP contribution in [-0.2, 0) is 6.54 Å². The maximum atomic E-state index is 12.3. The van der Waals surface area contributed by atoms with Crippen molar-refractivity contribution in [3.05, 3.63) is 35.4 Å². The highest BCUT2D eigenvalue weighted by Gasteiger charge is 2.29. The van der Waals surface area contributed by atoms with E-state index in [0.29, 0.717) is 12.4 Å². The van der Waals surface area contributed by atoms with Crippen molar-refractivity contribution in [2.75, 3.05) is 5.73 Å². The summed E-state index contributed by atoms with van der Waals surface area (Å²) in [5, 5.41) is 6.77. The van der Waals surface area contributed by atoms with Gasteiger partial charge in [0.15, 0.2) is 0 Å². The van der Waals surface area contributed by atoms with Crippen molar-refractivity contribution < 1.29 is 4.79 Å². The number of carbonyl (C=O) groups excluding carboxylic acids is 1. The summed E-state index contributed by atoms with van der Waals surface area (Å²) in [4.78, 5) is 14.2. The summed E-state index contributed by atoms with van der Waals surface area (Å²) >= 11 is 0. The molecule has 0 saturated carbocycles. The predicted octanol–water partition coefficient (Wildman–Crippen LogP) is 2.02. The van der Waals surface area contributed by atoms with Crippen molar-refractivity contribution in [1.82, 2.24) is 15.1 Å². The lowest BCUT2D eigenvalue weighted by Crippen LogP contribution is -2.30. The quantitative estimate of drug-likeness (QED) is 0.863. The molecule has 2 heterocycles. The monoisotopic (exact) mass is 256 g/mol. The Hall–Kier alpha value is -2.30. The zero-order valence-electron chi connectivity index (χ0n) is 11.0. The molecule has 1 aliphatic rings. The van der Waals surface area contributed by atoms with Gasteiger partial charge in [-0.1, -0.05) is 12.1 Å². The summed E-state index contributed by atoms with van der Waals surface area (Å²) in [5.41, 5.74) is 9.22. The van der Waals surface area contributed by atoms with Crippen LogP contribution >= 0.6 is 0 Å². The Morgan fingerprint density at radius 1 is 1.37 bits per heavy atom. The van der Waals surface area contributed by atoms with Crippen LogP contribution in [0.25, 0.3) is 11.3 Å². The van der Waals surface area contributed by atoms with Crippen LogP contribution in [0.2, 0.25) is 0 Å². The van der Waals surface area contributed by atoms with Gasteiger partial charge in [0.05, 0.1) is 5.69 Å². The largest absolute Gasteiger partial charge is 0.382 e. The van der Waals surface area contributed by atoms with Crippen molar-refractivity contribution in [2.24, 2.45) is 0 Å². The fourth-order valence-corrected chi connectivity index (χ4v) is 2.39. The van der Waals surface area contributed by atoms with Gasteiger partial charge in [-0.15, -0.1) is 0 Å². The lowest BCUT2D eigenvalue weighted by molar-refractivity contribution is 0.0730. The number of nitrogens with two attached hydrogens (primary N) is 1. The number of benzene rings is 1. The summed E-state index contributed by atoms with van der Waals surface area (Å²) < 4.78 is 0. The smallest absolute Gasteiger partial charge is 0.254 e. The maximum absolute atomic E-state index is 12.3. The molecule has 1 aliphatic heterocycles. The highest BCUT2D eigenvalue weighted by Crippen LogP contribution is 2.29. The van der Waals surface area contributed by atoms with Crippen molar-refractivity contribution in [2.45, 2.75) is 26.4 Å². The first-order chi connectivity index (χ1) is 9.06. The molecule has 0 spiro atoms. The van der Waals surface area contributed by atoms with E-state index in [2.05, 4.69) is 10.2 Å². The van der Waals surface area contributed by atoms with E-state index in [0.717, 1.165) is 22.4 Å². The molecule has 5 heteroatoms. The third-order valence-corrected chi connectivity index (χ3v) is 3.47. The summed E-state index contributed by atoms with van der Waals surface area (Å²) in [6.45, 7) is 4.75. The van der Waals surface area contributed by atoms with Crippen molar-refractivity contribution in [1.29, 1.82) is 0 Å². The van der Waals surface area contributed by atoms with Crippen LogP contribution in [0.3, 0.4) is 0 Å². The fraction of sp³-hybridized carbons (Fsp3) is 0.286. The van der Waals surface area contributed by atoms with Crippen molar-refractivity contribution in [3.63, 3.8) is 0 Å². The molecule has 98 valence electrons. The molecule has 3 rings (SSSR count). The molecule has 1 aromatic heterocycles. The van der Waals surface area contributed by atoms with E-state index < -0.39 is 0 Å². The van der Waals surface area contributed by atoms with E-state index >= 15 is 0 Å². The number of rotatable bonds is 2. The number of hydrogen-bond donors (Lipinski definition) is 2.